The molecule has 0 aromatic carbocycles. The predicted octanol–water partition coefficient (Wildman–Crippen LogP) is 2.31. The SMILES string of the molecule is CCC(CC)(C(Cc1ccoc1)NN)N1CCCC1. The third-order valence-electron chi connectivity index (χ3n) is 4.83. The molecule has 2 rings (SSSR count). The van der Waals surface area contributed by atoms with Gasteiger partial charge in [0.1, 0.15) is 0 Å². The second kappa shape index (κ2) is 6.55. The van der Waals surface area contributed by atoms with Gasteiger partial charge in [-0.25, -0.2) is 0 Å². The van der Waals surface area contributed by atoms with E-state index in [0.29, 0.717) is 0 Å². The van der Waals surface area contributed by atoms with E-state index >= 15 is 0 Å². The van der Waals surface area contributed by atoms with Crippen LogP contribution in [-0.4, -0.2) is 29.6 Å². The van der Waals surface area contributed by atoms with Gasteiger partial charge in [-0.3, -0.25) is 16.2 Å². The molecule has 1 saturated heterocycles. The van der Waals surface area contributed by atoms with E-state index in [0.717, 1.165) is 19.3 Å². The molecule has 108 valence electrons. The van der Waals surface area contributed by atoms with Crippen LogP contribution in [0.5, 0.6) is 0 Å². The van der Waals surface area contributed by atoms with Gasteiger partial charge in [-0.1, -0.05) is 13.8 Å². The van der Waals surface area contributed by atoms with Crippen molar-refractivity contribution in [2.24, 2.45) is 5.84 Å². The van der Waals surface area contributed by atoms with Crippen molar-refractivity contribution in [2.75, 3.05) is 13.1 Å². The molecule has 1 fully saturated rings. The quantitative estimate of drug-likeness (QED) is 0.587. The van der Waals surface area contributed by atoms with Gasteiger partial charge >= 0.3 is 0 Å². The van der Waals surface area contributed by atoms with Crippen molar-refractivity contribution in [3.05, 3.63) is 24.2 Å². The molecule has 0 spiro atoms. The minimum Gasteiger partial charge on any atom is -0.472 e. The van der Waals surface area contributed by atoms with Gasteiger partial charge in [0.05, 0.1) is 12.5 Å². The van der Waals surface area contributed by atoms with E-state index in [2.05, 4.69) is 24.2 Å². The molecule has 19 heavy (non-hydrogen) atoms. The van der Waals surface area contributed by atoms with Gasteiger partial charge in [0.15, 0.2) is 0 Å². The molecule has 4 heteroatoms. The molecule has 4 nitrogen and oxygen atoms in total. The first-order valence-electron chi connectivity index (χ1n) is 7.49. The van der Waals surface area contributed by atoms with Crippen LogP contribution in [-0.2, 0) is 6.42 Å². The molecule has 0 amide bonds. The molecule has 0 radical (unpaired) electrons. The van der Waals surface area contributed by atoms with Crippen LogP contribution in [0.4, 0.5) is 0 Å². The third kappa shape index (κ3) is 2.86. The maximum atomic E-state index is 5.89. The van der Waals surface area contributed by atoms with Gasteiger partial charge in [-0.2, -0.15) is 0 Å². The molecule has 0 aliphatic carbocycles. The van der Waals surface area contributed by atoms with Crippen LogP contribution in [0.15, 0.2) is 23.0 Å². The smallest absolute Gasteiger partial charge is 0.0935 e. The maximum absolute atomic E-state index is 5.89. The number of furan rings is 1. The van der Waals surface area contributed by atoms with Crippen LogP contribution in [0.25, 0.3) is 0 Å². The highest BCUT2D eigenvalue weighted by Crippen LogP contribution is 2.32. The van der Waals surface area contributed by atoms with E-state index in [1.807, 2.05) is 12.3 Å². The van der Waals surface area contributed by atoms with Crippen molar-refractivity contribution < 1.29 is 4.42 Å². The lowest BCUT2D eigenvalue weighted by molar-refractivity contribution is 0.0620. The van der Waals surface area contributed by atoms with Crippen LogP contribution in [0.3, 0.4) is 0 Å². The van der Waals surface area contributed by atoms with E-state index in [-0.39, 0.29) is 11.6 Å². The minimum absolute atomic E-state index is 0.155. The summed E-state index contributed by atoms with van der Waals surface area (Å²) in [6.07, 6.45) is 9.34. The number of hydrazine groups is 1. The molecule has 1 aliphatic heterocycles. The average molecular weight is 265 g/mol. The van der Waals surface area contributed by atoms with Crippen molar-refractivity contribution >= 4 is 0 Å². The number of rotatable bonds is 7. The molecule has 0 saturated carbocycles. The Morgan fingerprint density at radius 1 is 1.37 bits per heavy atom. The highest BCUT2D eigenvalue weighted by molar-refractivity contribution is 5.12. The minimum atomic E-state index is 0.155. The zero-order valence-corrected chi connectivity index (χ0v) is 12.2. The maximum Gasteiger partial charge on any atom is 0.0935 e. The molecule has 1 aromatic rings. The Balaban J connectivity index is 2.18. The van der Waals surface area contributed by atoms with E-state index in [1.54, 1.807) is 6.26 Å². The van der Waals surface area contributed by atoms with Crippen LogP contribution >= 0.6 is 0 Å². The van der Waals surface area contributed by atoms with Crippen LogP contribution in [0.1, 0.15) is 45.1 Å². The number of nitrogens with two attached hydrogens (primary N) is 1. The van der Waals surface area contributed by atoms with Crippen molar-refractivity contribution in [1.82, 2.24) is 10.3 Å². The normalized spacial score (nSPS) is 18.9. The Morgan fingerprint density at radius 2 is 2.05 bits per heavy atom. The first-order chi connectivity index (χ1) is 9.26. The summed E-state index contributed by atoms with van der Waals surface area (Å²) in [6.45, 7) is 6.96. The Hall–Kier alpha value is -0.840. The van der Waals surface area contributed by atoms with E-state index < -0.39 is 0 Å². The molecular formula is C15H27N3O. The predicted molar refractivity (Wildman–Crippen MR) is 77.6 cm³/mol. The van der Waals surface area contributed by atoms with Crippen molar-refractivity contribution in [1.29, 1.82) is 0 Å². The number of hydrogen-bond donors (Lipinski definition) is 2. The topological polar surface area (TPSA) is 54.4 Å². The Kier molecular flexibility index (Phi) is 5.02. The fourth-order valence-electron chi connectivity index (χ4n) is 3.62. The molecule has 2 heterocycles. The van der Waals surface area contributed by atoms with E-state index in [4.69, 9.17) is 10.3 Å². The molecule has 1 atom stereocenters. The second-order valence-corrected chi connectivity index (χ2v) is 5.56. The first-order valence-corrected chi connectivity index (χ1v) is 7.49. The molecular weight excluding hydrogens is 238 g/mol. The van der Waals surface area contributed by atoms with Crippen LogP contribution < -0.4 is 11.3 Å². The number of nitrogens with one attached hydrogen (secondary N) is 1. The largest absolute Gasteiger partial charge is 0.472 e. The highest BCUT2D eigenvalue weighted by atomic mass is 16.3. The van der Waals surface area contributed by atoms with Crippen molar-refractivity contribution in [2.45, 2.75) is 57.5 Å². The van der Waals surface area contributed by atoms with Gasteiger partial charge in [0, 0.05) is 11.6 Å². The summed E-state index contributed by atoms with van der Waals surface area (Å²) in [7, 11) is 0. The summed E-state index contributed by atoms with van der Waals surface area (Å²) in [5.41, 5.74) is 4.45. The van der Waals surface area contributed by atoms with Gasteiger partial charge in [0.2, 0.25) is 0 Å². The Morgan fingerprint density at radius 3 is 2.53 bits per heavy atom. The third-order valence-corrected chi connectivity index (χ3v) is 4.83. The summed E-state index contributed by atoms with van der Waals surface area (Å²) in [5.74, 6) is 5.89. The van der Waals surface area contributed by atoms with E-state index in [9.17, 15) is 0 Å². The van der Waals surface area contributed by atoms with Gasteiger partial charge in [-0.15, -0.1) is 0 Å². The molecule has 3 N–H and O–H groups in total. The summed E-state index contributed by atoms with van der Waals surface area (Å²) < 4.78 is 5.18. The zero-order valence-electron chi connectivity index (χ0n) is 12.2. The molecule has 1 aromatic heterocycles. The van der Waals surface area contributed by atoms with Crippen LogP contribution in [0.2, 0.25) is 0 Å². The van der Waals surface area contributed by atoms with Gasteiger partial charge < -0.3 is 4.42 Å². The summed E-state index contributed by atoms with van der Waals surface area (Å²) in [6, 6.07) is 2.29. The number of nitrogens with zero attached hydrogens (tertiary/aromatic N) is 1. The average Bonchev–Trinajstić information content (AvgIpc) is 3.12. The molecule has 0 bridgehead atoms. The fourth-order valence-corrected chi connectivity index (χ4v) is 3.62. The molecule has 1 aliphatic rings. The standard InChI is InChI=1S/C15H27N3O/c1-3-15(4-2,18-8-5-6-9-18)14(17-16)11-13-7-10-19-12-13/h7,10,12,14,17H,3-6,8-9,11,16H2,1-2H3. The number of likely N-dealkylation sites (tertiary alicyclic amines) is 1. The van der Waals surface area contributed by atoms with Gasteiger partial charge in [-0.05, 0) is 56.8 Å². The highest BCUT2D eigenvalue weighted by Gasteiger charge is 2.41. The molecule has 1 unspecified atom stereocenters. The van der Waals surface area contributed by atoms with Gasteiger partial charge in [0.25, 0.3) is 0 Å². The van der Waals surface area contributed by atoms with Crippen LogP contribution in [0, 0.1) is 0 Å². The lowest BCUT2D eigenvalue weighted by Gasteiger charge is -2.46. The lowest BCUT2D eigenvalue weighted by Crippen LogP contribution is -2.62. The monoisotopic (exact) mass is 265 g/mol. The lowest BCUT2D eigenvalue weighted by atomic mass is 9.80. The summed E-state index contributed by atoms with van der Waals surface area (Å²) in [5, 5.41) is 0. The number of hydrogen-bond acceptors (Lipinski definition) is 4. The Bertz CT molecular complexity index is 353. The zero-order chi connectivity index (χ0) is 13.7. The first kappa shape index (κ1) is 14.6. The van der Waals surface area contributed by atoms with Crippen molar-refractivity contribution in [3.63, 3.8) is 0 Å². The summed E-state index contributed by atoms with van der Waals surface area (Å²) >= 11 is 0. The summed E-state index contributed by atoms with van der Waals surface area (Å²) in [4.78, 5) is 2.64. The fraction of sp³-hybridized carbons (Fsp3) is 0.733. The van der Waals surface area contributed by atoms with E-state index in [1.165, 1.54) is 31.5 Å². The van der Waals surface area contributed by atoms with Crippen molar-refractivity contribution in [3.8, 4) is 0 Å². The second-order valence-electron chi connectivity index (χ2n) is 5.56. The Labute approximate surface area is 116 Å².